The number of fused-ring (bicyclic) bond motifs is 2. The first-order valence-corrected chi connectivity index (χ1v) is 24.1. The van der Waals surface area contributed by atoms with Gasteiger partial charge < -0.3 is 35.0 Å². The topological polar surface area (TPSA) is 237 Å². The van der Waals surface area contributed by atoms with Crippen molar-refractivity contribution >= 4 is 121 Å². The number of thioether (sulfide) groups is 1. The van der Waals surface area contributed by atoms with Crippen molar-refractivity contribution in [3.63, 3.8) is 0 Å². The minimum Gasteiger partial charge on any atom is -0.494 e. The molecule has 0 atom stereocenters. The predicted octanol–water partition coefficient (Wildman–Crippen LogP) is 10.4. The highest BCUT2D eigenvalue weighted by atomic mass is 32.2. The summed E-state index contributed by atoms with van der Waals surface area (Å²) in [6, 6.07) is 19.2. The van der Waals surface area contributed by atoms with Crippen LogP contribution in [0.2, 0.25) is 0 Å². The van der Waals surface area contributed by atoms with Crippen molar-refractivity contribution in [2.75, 3.05) is 73.2 Å². The second-order valence-electron chi connectivity index (χ2n) is 13.5. The number of azo groups is 2. The molecule has 0 aliphatic heterocycles. The van der Waals surface area contributed by atoms with Gasteiger partial charge in [-0.2, -0.15) is 23.4 Å². The summed E-state index contributed by atoms with van der Waals surface area (Å²) in [6.07, 6.45) is 0. The Kier molecular flexibility index (Phi) is 14.8. The standard InChI is InChI=1S/C41H45N13O6S4/c1-7-53(8-2)31-20-27(29(22-33(31)59-5)49-51-40-44-25-13-11-12-14-35(25)62-40)42-37-46-38(48-39(47-37)61-18-17-55)43-28-21-32(54(9-3)10-4)34(60-6)23-30(28)50-52-41-45-26-16-15-24(64(56,57)58)19-36(26)63-41/h11-16,19-23,55H,7-10,17-18H2,1-6H3,(H,56,57,58)(H2,42,43,46,47,48)/b51-49+,52-50+. The molecule has 0 unspecified atom stereocenters. The lowest BCUT2D eigenvalue weighted by atomic mass is 10.2. The smallest absolute Gasteiger partial charge is 0.294 e. The lowest BCUT2D eigenvalue weighted by Crippen LogP contribution is -2.22. The Morgan fingerprint density at radius 2 is 1.19 bits per heavy atom. The normalized spacial score (nSPS) is 11.9. The van der Waals surface area contributed by atoms with E-state index in [4.69, 9.17) is 24.4 Å². The number of hydrogen-bond acceptors (Lipinski definition) is 21. The van der Waals surface area contributed by atoms with Gasteiger partial charge in [0, 0.05) is 44.1 Å². The lowest BCUT2D eigenvalue weighted by molar-refractivity contribution is 0.322. The van der Waals surface area contributed by atoms with Crippen LogP contribution in [0.5, 0.6) is 11.5 Å². The third-order valence-electron chi connectivity index (χ3n) is 9.65. The number of aromatic nitrogens is 5. The van der Waals surface area contributed by atoms with E-state index in [2.05, 4.69) is 64.7 Å². The highest BCUT2D eigenvalue weighted by Gasteiger charge is 2.20. The molecule has 0 radical (unpaired) electrons. The third kappa shape index (κ3) is 10.6. The van der Waals surface area contributed by atoms with Crippen LogP contribution in [0.4, 0.5) is 56.3 Å². The van der Waals surface area contributed by atoms with Crippen molar-refractivity contribution in [1.29, 1.82) is 0 Å². The second kappa shape index (κ2) is 20.6. The van der Waals surface area contributed by atoms with E-state index in [-0.39, 0.29) is 28.5 Å². The Hall–Kier alpha value is -6.11. The van der Waals surface area contributed by atoms with Crippen molar-refractivity contribution < 1.29 is 27.6 Å². The van der Waals surface area contributed by atoms with Crippen molar-refractivity contribution in [2.24, 2.45) is 20.5 Å². The van der Waals surface area contributed by atoms with Gasteiger partial charge in [-0.05, 0) is 70.2 Å². The fourth-order valence-corrected chi connectivity index (χ4v) is 9.30. The molecular weight excluding hydrogens is 899 g/mol. The summed E-state index contributed by atoms with van der Waals surface area (Å²) in [7, 11) is -1.23. The molecule has 4 N–H and O–H groups in total. The van der Waals surface area contributed by atoms with Crippen molar-refractivity contribution in [3.8, 4) is 11.5 Å². The number of ether oxygens (including phenoxy) is 2. The fraction of sp³-hybridized carbons (Fsp3) is 0.293. The number of hydrogen-bond donors (Lipinski definition) is 4. The first-order valence-electron chi connectivity index (χ1n) is 20.0. The van der Waals surface area contributed by atoms with E-state index < -0.39 is 10.1 Å². The molecule has 0 amide bonds. The molecule has 7 aromatic rings. The van der Waals surface area contributed by atoms with Crippen LogP contribution >= 0.6 is 34.4 Å². The van der Waals surface area contributed by atoms with E-state index in [1.165, 1.54) is 41.3 Å². The van der Waals surface area contributed by atoms with E-state index in [0.29, 0.717) is 86.7 Å². The van der Waals surface area contributed by atoms with Gasteiger partial charge in [-0.25, -0.2) is 9.97 Å². The number of para-hydroxylation sites is 1. The molecule has 0 saturated carbocycles. The van der Waals surface area contributed by atoms with Crippen LogP contribution in [0.3, 0.4) is 0 Å². The van der Waals surface area contributed by atoms with Crippen molar-refractivity contribution in [1.82, 2.24) is 24.9 Å². The zero-order valence-corrected chi connectivity index (χ0v) is 38.9. The average Bonchev–Trinajstić information content (AvgIpc) is 3.91. The van der Waals surface area contributed by atoms with E-state index in [0.717, 1.165) is 32.9 Å². The summed E-state index contributed by atoms with van der Waals surface area (Å²) in [6.45, 7) is 10.9. The van der Waals surface area contributed by atoms with Crippen LogP contribution in [0.1, 0.15) is 27.7 Å². The largest absolute Gasteiger partial charge is 0.494 e. The Morgan fingerprint density at radius 1 is 0.672 bits per heavy atom. The minimum absolute atomic E-state index is 0.108. The Labute approximate surface area is 381 Å². The molecule has 19 nitrogen and oxygen atoms in total. The van der Waals surface area contributed by atoms with Crippen LogP contribution in [0.15, 0.2) is 97.2 Å². The minimum atomic E-state index is -4.41. The fourth-order valence-electron chi connectivity index (χ4n) is 6.53. The zero-order valence-electron chi connectivity index (χ0n) is 35.7. The van der Waals surface area contributed by atoms with Crippen molar-refractivity contribution in [2.45, 2.75) is 37.7 Å². The number of rotatable bonds is 20. The van der Waals surface area contributed by atoms with E-state index in [1.807, 2.05) is 50.2 Å². The first-order chi connectivity index (χ1) is 31.0. The van der Waals surface area contributed by atoms with Gasteiger partial charge in [0.05, 0.1) is 68.9 Å². The maximum absolute atomic E-state index is 11.8. The molecule has 3 heterocycles. The summed E-state index contributed by atoms with van der Waals surface area (Å²) in [4.78, 5) is 27.4. The number of thiazole rings is 2. The van der Waals surface area contributed by atoms with Gasteiger partial charge in [-0.3, -0.25) is 4.55 Å². The predicted molar refractivity (Wildman–Crippen MR) is 255 cm³/mol. The molecule has 0 aliphatic carbocycles. The highest BCUT2D eigenvalue weighted by Crippen LogP contribution is 2.43. The monoisotopic (exact) mass is 943 g/mol. The highest BCUT2D eigenvalue weighted by molar-refractivity contribution is 7.99. The van der Waals surface area contributed by atoms with E-state index in [1.54, 1.807) is 26.4 Å². The first kappa shape index (κ1) is 45.9. The summed E-state index contributed by atoms with van der Waals surface area (Å²) < 4.78 is 46.3. The quantitative estimate of drug-likeness (QED) is 0.0316. The summed E-state index contributed by atoms with van der Waals surface area (Å²) in [5, 5.41) is 35.7. The third-order valence-corrected chi connectivity index (χ3v) is 13.1. The van der Waals surface area contributed by atoms with Gasteiger partial charge in [0.1, 0.15) is 22.9 Å². The number of aliphatic hydroxyl groups excluding tert-OH is 1. The van der Waals surface area contributed by atoms with Gasteiger partial charge in [-0.1, -0.05) is 46.6 Å². The maximum atomic E-state index is 11.8. The second-order valence-corrected chi connectivity index (χ2v) is 18.0. The molecule has 0 bridgehead atoms. The number of nitrogens with zero attached hydrogens (tertiary/aromatic N) is 11. The van der Waals surface area contributed by atoms with Gasteiger partial charge in [0.25, 0.3) is 10.1 Å². The zero-order chi connectivity index (χ0) is 45.4. The molecular formula is C41H45N13O6S4. The summed E-state index contributed by atoms with van der Waals surface area (Å²) in [5.74, 6) is 1.78. The van der Waals surface area contributed by atoms with Crippen LogP contribution < -0.4 is 29.9 Å². The average molecular weight is 944 g/mol. The SMILES string of the molecule is CCN(CC)c1cc(Nc2nc(Nc3cc(N(CC)CC)c(OC)cc3/N=N/c3nc4ccc(S(=O)(=O)O)cc4s3)nc(SCCO)n2)c(/N=N/c2nc3ccccc3s2)cc1OC. The number of nitrogens with one attached hydrogen (secondary N) is 2. The lowest BCUT2D eigenvalue weighted by Gasteiger charge is -2.25. The molecule has 7 rings (SSSR count). The van der Waals surface area contributed by atoms with Crippen LogP contribution in [-0.2, 0) is 10.1 Å². The van der Waals surface area contributed by atoms with Crippen molar-refractivity contribution in [3.05, 3.63) is 66.7 Å². The molecule has 0 spiro atoms. The Balaban J connectivity index is 1.31. The summed E-state index contributed by atoms with van der Waals surface area (Å²) >= 11 is 3.77. The molecule has 4 aromatic carbocycles. The molecule has 23 heteroatoms. The molecule has 334 valence electrons. The molecule has 0 fully saturated rings. The molecule has 0 aliphatic rings. The van der Waals surface area contributed by atoms with Crippen LogP contribution in [0.25, 0.3) is 20.4 Å². The Bertz CT molecular complexity index is 2910. The van der Waals surface area contributed by atoms with Crippen LogP contribution in [-0.4, -0.2) is 95.8 Å². The van der Waals surface area contributed by atoms with Crippen LogP contribution in [0, 0.1) is 0 Å². The molecule has 0 saturated heterocycles. The molecule has 3 aromatic heterocycles. The summed E-state index contributed by atoms with van der Waals surface area (Å²) in [5.41, 5.74) is 4.70. The van der Waals surface area contributed by atoms with Gasteiger partial charge in [0.15, 0.2) is 5.16 Å². The number of aliphatic hydroxyl groups is 1. The van der Waals surface area contributed by atoms with E-state index >= 15 is 0 Å². The number of anilines is 6. The van der Waals surface area contributed by atoms with Gasteiger partial charge in [-0.15, -0.1) is 20.5 Å². The number of benzene rings is 4. The van der Waals surface area contributed by atoms with Gasteiger partial charge >= 0.3 is 0 Å². The number of methoxy groups -OCH3 is 2. The maximum Gasteiger partial charge on any atom is 0.294 e. The molecule has 64 heavy (non-hydrogen) atoms. The van der Waals surface area contributed by atoms with E-state index in [9.17, 15) is 18.1 Å². The van der Waals surface area contributed by atoms with Gasteiger partial charge in [0.2, 0.25) is 22.2 Å². The Morgan fingerprint density at radius 3 is 1.67 bits per heavy atom.